The normalized spacial score (nSPS) is 19.0. The van der Waals surface area contributed by atoms with Gasteiger partial charge in [0.25, 0.3) is 5.69 Å². The van der Waals surface area contributed by atoms with Crippen LogP contribution >= 0.6 is 0 Å². The Morgan fingerprint density at radius 3 is 2.69 bits per heavy atom. The first-order chi connectivity index (χ1) is 12.5. The van der Waals surface area contributed by atoms with Gasteiger partial charge in [-0.2, -0.15) is 5.26 Å². The Morgan fingerprint density at radius 1 is 1.31 bits per heavy atom. The molecule has 1 saturated carbocycles. The van der Waals surface area contributed by atoms with Crippen LogP contribution in [0.25, 0.3) is 0 Å². The van der Waals surface area contributed by atoms with Gasteiger partial charge < -0.3 is 15.4 Å². The van der Waals surface area contributed by atoms with Gasteiger partial charge in [-0.05, 0) is 31.2 Å². The predicted molar refractivity (Wildman–Crippen MR) is 90.8 cm³/mol. The fourth-order valence-electron chi connectivity index (χ4n) is 2.89. The first-order valence-electron chi connectivity index (χ1n) is 8.31. The summed E-state index contributed by atoms with van der Waals surface area (Å²) in [4.78, 5) is 33.9. The number of rotatable bonds is 6. The maximum atomic E-state index is 11.9. The molecule has 0 atom stereocenters. The Morgan fingerprint density at radius 2 is 2.04 bits per heavy atom. The molecule has 0 bridgehead atoms. The number of ether oxygens (including phenoxy) is 1. The monoisotopic (exact) mass is 360 g/mol. The molecule has 0 unspecified atom stereocenters. The number of carbonyl (C=O) groups excluding carboxylic acids is 2. The van der Waals surface area contributed by atoms with Gasteiger partial charge in [-0.1, -0.05) is 12.1 Å². The van der Waals surface area contributed by atoms with Gasteiger partial charge in [-0.15, -0.1) is 0 Å². The molecule has 2 N–H and O–H groups in total. The number of alkyl carbamates (subject to hydrolysis) is 1. The van der Waals surface area contributed by atoms with E-state index in [9.17, 15) is 19.7 Å². The lowest BCUT2D eigenvalue weighted by Crippen LogP contribution is -2.41. The molecule has 2 amide bonds. The molecule has 0 aliphatic heterocycles. The number of non-ortho nitro benzene ring substituents is 1. The number of benzene rings is 1. The number of nitrogens with zero attached hydrogens (tertiary/aromatic N) is 2. The van der Waals surface area contributed by atoms with Crippen LogP contribution in [-0.4, -0.2) is 29.5 Å². The van der Waals surface area contributed by atoms with Crippen LogP contribution in [0.1, 0.15) is 31.2 Å². The molecule has 0 saturated heterocycles. The van der Waals surface area contributed by atoms with Gasteiger partial charge >= 0.3 is 6.09 Å². The van der Waals surface area contributed by atoms with Gasteiger partial charge in [-0.25, -0.2) is 4.79 Å². The van der Waals surface area contributed by atoms with Crippen molar-refractivity contribution in [2.24, 2.45) is 5.92 Å². The summed E-state index contributed by atoms with van der Waals surface area (Å²) in [5.41, 5.74) is 0.478. The van der Waals surface area contributed by atoms with E-state index in [1.165, 1.54) is 18.2 Å². The van der Waals surface area contributed by atoms with E-state index in [0.717, 1.165) is 0 Å². The second kappa shape index (κ2) is 9.36. The van der Waals surface area contributed by atoms with Crippen LogP contribution < -0.4 is 10.6 Å². The van der Waals surface area contributed by atoms with Crippen LogP contribution in [0.2, 0.25) is 0 Å². The molecule has 138 valence electrons. The molecule has 2 rings (SSSR count). The van der Waals surface area contributed by atoms with Gasteiger partial charge in [-0.3, -0.25) is 14.9 Å². The van der Waals surface area contributed by atoms with E-state index >= 15 is 0 Å². The van der Waals surface area contributed by atoms with Gasteiger partial charge in [0.1, 0.15) is 13.2 Å². The maximum absolute atomic E-state index is 11.9. The molecule has 0 aromatic heterocycles. The number of nitriles is 1. The lowest BCUT2D eigenvalue weighted by molar-refractivity contribution is -0.384. The SMILES string of the molecule is N#CCNC(=O)[C@H]1CC[C@H](NC(=O)OCc2cccc([N+](=O)[O-])c2)CC1. The largest absolute Gasteiger partial charge is 0.445 e. The summed E-state index contributed by atoms with van der Waals surface area (Å²) >= 11 is 0. The highest BCUT2D eigenvalue weighted by Gasteiger charge is 2.27. The van der Waals surface area contributed by atoms with E-state index in [-0.39, 0.29) is 36.7 Å². The Kier molecular flexibility index (Phi) is 6.91. The molecule has 0 heterocycles. The van der Waals surface area contributed by atoms with E-state index in [4.69, 9.17) is 10.00 Å². The van der Waals surface area contributed by atoms with Crippen LogP contribution in [0.5, 0.6) is 0 Å². The van der Waals surface area contributed by atoms with Crippen LogP contribution in [0, 0.1) is 27.4 Å². The maximum Gasteiger partial charge on any atom is 0.407 e. The van der Waals surface area contributed by atoms with Crippen molar-refractivity contribution < 1.29 is 19.2 Å². The first kappa shape index (κ1) is 19.2. The Labute approximate surface area is 150 Å². The lowest BCUT2D eigenvalue weighted by atomic mass is 9.85. The summed E-state index contributed by atoms with van der Waals surface area (Å²) in [5.74, 6) is -0.263. The van der Waals surface area contributed by atoms with E-state index in [2.05, 4.69) is 10.6 Å². The smallest absolute Gasteiger partial charge is 0.407 e. The first-order valence-corrected chi connectivity index (χ1v) is 8.31. The van der Waals surface area contributed by atoms with Crippen LogP contribution in [0.15, 0.2) is 24.3 Å². The molecule has 9 heteroatoms. The molecule has 1 fully saturated rings. The molecule has 1 aromatic rings. The predicted octanol–water partition coefficient (Wildman–Crippen LogP) is 2.02. The third-order valence-electron chi connectivity index (χ3n) is 4.25. The lowest BCUT2D eigenvalue weighted by Gasteiger charge is -2.27. The van der Waals surface area contributed by atoms with E-state index in [1.807, 2.05) is 6.07 Å². The summed E-state index contributed by atoms with van der Waals surface area (Å²) in [7, 11) is 0. The molecule has 26 heavy (non-hydrogen) atoms. The van der Waals surface area contributed by atoms with Crippen molar-refractivity contribution in [3.8, 4) is 6.07 Å². The number of hydrogen-bond acceptors (Lipinski definition) is 6. The molecular weight excluding hydrogens is 340 g/mol. The molecule has 0 radical (unpaired) electrons. The van der Waals surface area contributed by atoms with Gasteiger partial charge in [0.2, 0.25) is 5.91 Å². The quantitative estimate of drug-likeness (QED) is 0.453. The van der Waals surface area contributed by atoms with Gasteiger partial charge in [0, 0.05) is 24.1 Å². The van der Waals surface area contributed by atoms with Crippen LogP contribution in [0.3, 0.4) is 0 Å². The topological polar surface area (TPSA) is 134 Å². The standard InChI is InChI=1S/C17H20N4O5/c18-8-9-19-16(22)13-4-6-14(7-5-13)20-17(23)26-11-12-2-1-3-15(10-12)21(24)25/h1-3,10,13-14H,4-7,9,11H2,(H,19,22)(H,20,23)/t13-,14-. The van der Waals surface area contributed by atoms with Crippen molar-refractivity contribution >= 4 is 17.7 Å². The van der Waals surface area contributed by atoms with Crippen molar-refractivity contribution in [1.29, 1.82) is 5.26 Å². The third-order valence-corrected chi connectivity index (χ3v) is 4.25. The minimum atomic E-state index is -0.589. The van der Waals surface area contributed by atoms with Crippen molar-refractivity contribution in [3.05, 3.63) is 39.9 Å². The van der Waals surface area contributed by atoms with Crippen molar-refractivity contribution in [2.45, 2.75) is 38.3 Å². The molecule has 0 spiro atoms. The van der Waals surface area contributed by atoms with Crippen LogP contribution in [-0.2, 0) is 16.1 Å². The number of amides is 2. The average molecular weight is 360 g/mol. The Balaban J connectivity index is 1.72. The van der Waals surface area contributed by atoms with E-state index in [0.29, 0.717) is 31.2 Å². The minimum absolute atomic E-state index is 0.000978. The minimum Gasteiger partial charge on any atom is -0.445 e. The number of nitro benzene ring substituents is 1. The molecule has 1 aromatic carbocycles. The Hall–Kier alpha value is -3.15. The van der Waals surface area contributed by atoms with E-state index < -0.39 is 11.0 Å². The second-order valence-electron chi connectivity index (χ2n) is 6.07. The molecule has 9 nitrogen and oxygen atoms in total. The Bertz CT molecular complexity index is 707. The number of carbonyl (C=O) groups is 2. The van der Waals surface area contributed by atoms with Crippen molar-refractivity contribution in [2.75, 3.05) is 6.54 Å². The molecule has 1 aliphatic carbocycles. The highest BCUT2D eigenvalue weighted by Crippen LogP contribution is 2.24. The third kappa shape index (κ3) is 5.73. The summed E-state index contributed by atoms with van der Waals surface area (Å²) in [6.07, 6.45) is 1.97. The summed E-state index contributed by atoms with van der Waals surface area (Å²) in [6.45, 7) is -0.0551. The number of nitrogens with one attached hydrogen (secondary N) is 2. The fraction of sp³-hybridized carbons (Fsp3) is 0.471. The van der Waals surface area contributed by atoms with Crippen molar-refractivity contribution in [3.63, 3.8) is 0 Å². The van der Waals surface area contributed by atoms with Crippen molar-refractivity contribution in [1.82, 2.24) is 10.6 Å². The molecule has 1 aliphatic rings. The summed E-state index contributed by atoms with van der Waals surface area (Å²) in [5, 5.41) is 24.5. The number of nitro groups is 1. The second-order valence-corrected chi connectivity index (χ2v) is 6.07. The van der Waals surface area contributed by atoms with Crippen LogP contribution in [0.4, 0.5) is 10.5 Å². The van der Waals surface area contributed by atoms with Gasteiger partial charge in [0.15, 0.2) is 0 Å². The zero-order chi connectivity index (χ0) is 18.9. The zero-order valence-corrected chi connectivity index (χ0v) is 14.1. The molecular formula is C17H20N4O5. The fourth-order valence-corrected chi connectivity index (χ4v) is 2.89. The number of hydrogen-bond donors (Lipinski definition) is 2. The highest BCUT2D eigenvalue weighted by molar-refractivity contribution is 5.79. The average Bonchev–Trinajstić information content (AvgIpc) is 2.65. The highest BCUT2D eigenvalue weighted by atomic mass is 16.6. The van der Waals surface area contributed by atoms with Gasteiger partial charge in [0.05, 0.1) is 11.0 Å². The zero-order valence-electron chi connectivity index (χ0n) is 14.1. The van der Waals surface area contributed by atoms with E-state index in [1.54, 1.807) is 6.07 Å². The summed E-state index contributed by atoms with van der Waals surface area (Å²) < 4.78 is 5.10. The summed E-state index contributed by atoms with van der Waals surface area (Å²) in [6, 6.07) is 7.70.